The van der Waals surface area contributed by atoms with Crippen LogP contribution in [0.1, 0.15) is 11.1 Å². The Labute approximate surface area is 274 Å². The van der Waals surface area contributed by atoms with Crippen molar-refractivity contribution < 1.29 is 0 Å². The van der Waals surface area contributed by atoms with Gasteiger partial charge in [0.25, 0.3) is 0 Å². The maximum atomic E-state index is 9.87. The van der Waals surface area contributed by atoms with Crippen molar-refractivity contribution in [3.8, 4) is 34.6 Å². The Kier molecular flexibility index (Phi) is 6.22. The second kappa shape index (κ2) is 10.7. The first-order valence-electron chi connectivity index (χ1n) is 14.7. The molecule has 0 saturated carbocycles. The zero-order chi connectivity index (χ0) is 32.9. The van der Waals surface area contributed by atoms with E-state index in [-0.39, 0.29) is 0 Å². The Hall–Kier alpha value is -7.70. The lowest BCUT2D eigenvalue weighted by Crippen LogP contribution is -2.05. The van der Waals surface area contributed by atoms with Gasteiger partial charge in [0.05, 0.1) is 77.8 Å². The molecule has 48 heavy (non-hydrogen) atoms. The summed E-state index contributed by atoms with van der Waals surface area (Å²) in [5.74, 6) is 0. The number of nitriles is 2. The van der Waals surface area contributed by atoms with Crippen LogP contribution in [0.5, 0.6) is 0 Å². The van der Waals surface area contributed by atoms with Gasteiger partial charge in [0, 0.05) is 38.1 Å². The number of hydrogen-bond acceptors (Lipinski definition) is 3. The van der Waals surface area contributed by atoms with Gasteiger partial charge < -0.3 is 9.13 Å². The Morgan fingerprint density at radius 3 is 1.42 bits per heavy atom. The molecule has 3 heterocycles. The molecule has 8 rings (SSSR count). The van der Waals surface area contributed by atoms with E-state index in [1.807, 2.05) is 75.9 Å². The van der Waals surface area contributed by atoms with E-state index in [9.17, 15) is 10.5 Å². The molecule has 0 radical (unpaired) electrons. The van der Waals surface area contributed by atoms with Crippen LogP contribution in [0.25, 0.3) is 80.6 Å². The fourth-order valence-electron chi connectivity index (χ4n) is 6.62. The van der Waals surface area contributed by atoms with Crippen LogP contribution in [0.15, 0.2) is 109 Å². The van der Waals surface area contributed by atoms with E-state index in [4.69, 9.17) is 24.7 Å². The summed E-state index contributed by atoms with van der Waals surface area (Å²) >= 11 is 0. The fourth-order valence-corrected chi connectivity index (χ4v) is 6.62. The van der Waals surface area contributed by atoms with Crippen LogP contribution in [-0.4, -0.2) is 14.1 Å². The summed E-state index contributed by atoms with van der Waals surface area (Å²) in [5, 5.41) is 23.4. The molecule has 0 unspecified atom stereocenters. The van der Waals surface area contributed by atoms with Crippen LogP contribution in [0.4, 0.5) is 17.1 Å². The monoisotopic (exact) mass is 610 g/mol. The predicted molar refractivity (Wildman–Crippen MR) is 187 cm³/mol. The van der Waals surface area contributed by atoms with Gasteiger partial charge >= 0.3 is 0 Å². The number of rotatable bonds is 3. The minimum Gasteiger partial charge on any atom is -0.310 e. The van der Waals surface area contributed by atoms with E-state index >= 15 is 0 Å². The van der Waals surface area contributed by atoms with Crippen molar-refractivity contribution in [1.29, 1.82) is 10.5 Å². The Morgan fingerprint density at radius 1 is 0.521 bits per heavy atom. The average Bonchev–Trinajstić information content (AvgIpc) is 3.64. The summed E-state index contributed by atoms with van der Waals surface area (Å²) in [6.07, 6.45) is 3.51. The SMILES string of the molecule is [C-]#[N+]c1cccc(-c2c(-n3c4cc(C#N)ccc4c4ccc(C#N)cc43)cncc2-n2c3cc([N+]#[C-])ccc3c3ccc([N+]#[C-])cc32)c1. The molecular formula is C40H18N8. The third-order valence-corrected chi connectivity index (χ3v) is 8.67. The summed E-state index contributed by atoms with van der Waals surface area (Å²) in [7, 11) is 0. The van der Waals surface area contributed by atoms with Gasteiger partial charge in [0.15, 0.2) is 17.1 Å². The van der Waals surface area contributed by atoms with E-state index in [0.717, 1.165) is 54.7 Å². The molecule has 0 aliphatic rings. The largest absolute Gasteiger partial charge is 0.310 e. The molecule has 8 nitrogen and oxygen atoms in total. The third-order valence-electron chi connectivity index (χ3n) is 8.67. The van der Waals surface area contributed by atoms with Gasteiger partial charge in [0.1, 0.15) is 0 Å². The number of hydrogen-bond donors (Lipinski definition) is 0. The number of nitrogens with zero attached hydrogens (tertiary/aromatic N) is 8. The molecule has 8 aromatic rings. The highest BCUT2D eigenvalue weighted by Gasteiger charge is 2.23. The summed E-state index contributed by atoms with van der Waals surface area (Å²) in [4.78, 5) is 15.9. The third kappa shape index (κ3) is 4.08. The van der Waals surface area contributed by atoms with E-state index in [0.29, 0.717) is 39.6 Å². The van der Waals surface area contributed by atoms with Crippen molar-refractivity contribution in [2.75, 3.05) is 0 Å². The molecule has 0 fully saturated rings. The topological polar surface area (TPSA) is 83.4 Å². The van der Waals surface area contributed by atoms with Crippen LogP contribution in [0.3, 0.4) is 0 Å². The first-order chi connectivity index (χ1) is 23.6. The van der Waals surface area contributed by atoms with Crippen molar-refractivity contribution in [1.82, 2.24) is 14.1 Å². The highest BCUT2D eigenvalue weighted by molar-refractivity contribution is 6.13. The van der Waals surface area contributed by atoms with Crippen molar-refractivity contribution in [2.45, 2.75) is 0 Å². The number of fused-ring (bicyclic) bond motifs is 6. The first-order valence-corrected chi connectivity index (χ1v) is 14.7. The highest BCUT2D eigenvalue weighted by atomic mass is 15.0. The summed E-state index contributed by atoms with van der Waals surface area (Å²) in [6.45, 7) is 23.3. The molecule has 8 heteroatoms. The van der Waals surface area contributed by atoms with Crippen molar-refractivity contribution in [3.05, 3.63) is 155 Å². The highest BCUT2D eigenvalue weighted by Crippen LogP contribution is 2.43. The molecule has 218 valence electrons. The lowest BCUT2D eigenvalue weighted by molar-refractivity contribution is 1.09. The molecule has 3 aromatic heterocycles. The second-order valence-electron chi connectivity index (χ2n) is 11.2. The summed E-state index contributed by atoms with van der Waals surface area (Å²) in [5.41, 5.74) is 8.21. The minimum atomic E-state index is 0.453. The Morgan fingerprint density at radius 2 is 0.958 bits per heavy atom. The average molecular weight is 611 g/mol. The first kappa shape index (κ1) is 27.8. The van der Waals surface area contributed by atoms with Crippen molar-refractivity contribution in [3.63, 3.8) is 0 Å². The maximum Gasteiger partial charge on any atom is 0.189 e. The number of aromatic nitrogens is 3. The molecule has 0 saturated heterocycles. The van der Waals surface area contributed by atoms with E-state index < -0.39 is 0 Å². The van der Waals surface area contributed by atoms with Crippen LogP contribution >= 0.6 is 0 Å². The smallest absolute Gasteiger partial charge is 0.189 e. The van der Waals surface area contributed by atoms with E-state index in [1.165, 1.54) is 0 Å². The molecular weight excluding hydrogens is 592 g/mol. The van der Waals surface area contributed by atoms with Gasteiger partial charge in [-0.3, -0.25) is 4.98 Å². The summed E-state index contributed by atoms with van der Waals surface area (Å²) < 4.78 is 4.05. The molecule has 0 N–H and O–H groups in total. The zero-order valence-corrected chi connectivity index (χ0v) is 25.0. The molecule has 0 atom stereocenters. The van der Waals surface area contributed by atoms with Crippen molar-refractivity contribution in [2.24, 2.45) is 0 Å². The molecule has 5 aromatic carbocycles. The quantitative estimate of drug-likeness (QED) is 0.187. The molecule has 0 amide bonds. The number of benzene rings is 5. The Balaban J connectivity index is 1.60. The number of pyridine rings is 1. The molecule has 0 aliphatic carbocycles. The van der Waals surface area contributed by atoms with Gasteiger partial charge in [-0.15, -0.1) is 0 Å². The lowest BCUT2D eigenvalue weighted by Gasteiger charge is -2.20. The van der Waals surface area contributed by atoms with Crippen molar-refractivity contribution >= 4 is 60.7 Å². The minimum absolute atomic E-state index is 0.453. The van der Waals surface area contributed by atoms with Gasteiger partial charge in [-0.05, 0) is 48.0 Å². The van der Waals surface area contributed by atoms with Crippen LogP contribution in [0.2, 0.25) is 0 Å². The van der Waals surface area contributed by atoms with Gasteiger partial charge in [-0.25, -0.2) is 14.5 Å². The van der Waals surface area contributed by atoms with Crippen LogP contribution in [-0.2, 0) is 0 Å². The maximum absolute atomic E-state index is 9.87. The second-order valence-corrected chi connectivity index (χ2v) is 11.2. The Bertz CT molecular complexity index is 2600. The fraction of sp³-hybridized carbons (Fsp3) is 0. The standard InChI is InChI=1S/C40H18N8/c1-43-27-6-4-5-26(17-27)40-38(47-34-15-24(20-41)7-11-30(34)31-12-8-25(21-42)16-35(31)47)22-46-23-39(40)48-36-18-28(44-2)9-13-32(36)33-14-10-29(45-3)19-37(33)48/h4-19,22-23H. The van der Waals surface area contributed by atoms with E-state index in [1.54, 1.807) is 42.7 Å². The van der Waals surface area contributed by atoms with Crippen LogP contribution in [0, 0.1) is 42.4 Å². The van der Waals surface area contributed by atoms with Gasteiger partial charge in [0.2, 0.25) is 0 Å². The molecule has 0 spiro atoms. The molecule has 0 aliphatic heterocycles. The van der Waals surface area contributed by atoms with Gasteiger partial charge in [-0.1, -0.05) is 54.6 Å². The normalized spacial score (nSPS) is 10.8. The van der Waals surface area contributed by atoms with Gasteiger partial charge in [-0.2, -0.15) is 10.5 Å². The zero-order valence-electron chi connectivity index (χ0n) is 25.0. The summed E-state index contributed by atoms with van der Waals surface area (Å²) in [6, 6.07) is 34.0. The van der Waals surface area contributed by atoms with E-state index in [2.05, 4.69) is 26.7 Å². The van der Waals surface area contributed by atoms with Crippen LogP contribution < -0.4 is 0 Å². The molecule has 0 bridgehead atoms. The predicted octanol–water partition coefficient (Wildman–Crippen LogP) is 10.3. The lowest BCUT2D eigenvalue weighted by atomic mass is 10.0.